The van der Waals surface area contributed by atoms with Crippen molar-refractivity contribution in [3.8, 4) is 11.4 Å². The van der Waals surface area contributed by atoms with Crippen molar-refractivity contribution in [3.63, 3.8) is 0 Å². The number of amides is 1. The molecule has 0 bridgehead atoms. The Morgan fingerprint density at radius 3 is 2.57 bits per heavy atom. The number of benzene rings is 1. The Hall–Kier alpha value is -2.93. The average Bonchev–Trinajstić information content (AvgIpc) is 3.26. The molecule has 146 valence electrons. The second-order valence-electron chi connectivity index (χ2n) is 6.54. The highest BCUT2D eigenvalue weighted by molar-refractivity contribution is 7.11. The smallest absolute Gasteiger partial charge is 0.367 e. The zero-order valence-electron chi connectivity index (χ0n) is 16.2. The van der Waals surface area contributed by atoms with Crippen LogP contribution in [-0.4, -0.2) is 28.0 Å². The predicted molar refractivity (Wildman–Crippen MR) is 110 cm³/mol. The largest absolute Gasteiger partial charge is 0.461 e. The molecule has 1 amide bonds. The van der Waals surface area contributed by atoms with Gasteiger partial charge in [0.2, 0.25) is 5.01 Å². The Morgan fingerprint density at radius 2 is 1.93 bits per heavy atom. The van der Waals surface area contributed by atoms with E-state index in [4.69, 9.17) is 10.5 Å². The Kier molecular flexibility index (Phi) is 5.94. The summed E-state index contributed by atoms with van der Waals surface area (Å²) in [6, 6.07) is 10.1. The van der Waals surface area contributed by atoms with Gasteiger partial charge in [-0.25, -0.2) is 9.78 Å². The molecular formula is C21H23N3O3S. The molecular weight excluding hydrogens is 374 g/mol. The van der Waals surface area contributed by atoms with Gasteiger partial charge in [-0.1, -0.05) is 29.8 Å². The normalized spacial score (nSPS) is 10.8. The van der Waals surface area contributed by atoms with E-state index in [2.05, 4.69) is 36.2 Å². The molecule has 3 rings (SSSR count). The first-order valence-electron chi connectivity index (χ1n) is 9.09. The molecule has 28 heavy (non-hydrogen) atoms. The van der Waals surface area contributed by atoms with Crippen LogP contribution < -0.4 is 5.73 Å². The number of ether oxygens (including phenoxy) is 1. The number of nitrogens with two attached hydrogens (primary N) is 1. The zero-order valence-corrected chi connectivity index (χ0v) is 17.0. The molecule has 1 aromatic carbocycles. The second-order valence-corrected chi connectivity index (χ2v) is 7.40. The first-order valence-corrected chi connectivity index (χ1v) is 9.97. The lowest BCUT2D eigenvalue weighted by Gasteiger charge is -2.11. The van der Waals surface area contributed by atoms with Crippen molar-refractivity contribution >= 4 is 23.2 Å². The van der Waals surface area contributed by atoms with Gasteiger partial charge < -0.3 is 15.0 Å². The van der Waals surface area contributed by atoms with Crippen LogP contribution >= 0.6 is 11.3 Å². The maximum atomic E-state index is 11.9. The minimum absolute atomic E-state index is 0.293. The molecule has 2 aromatic heterocycles. The van der Waals surface area contributed by atoms with E-state index >= 15 is 0 Å². The number of hydrogen-bond acceptors (Lipinski definition) is 5. The van der Waals surface area contributed by atoms with Gasteiger partial charge in [-0.05, 0) is 38.8 Å². The SMILES string of the molecule is CCOC(=O)c1nc(-c2cc(C(N)=O)c(C)n2CCc2ccc(C)cc2)cs1. The van der Waals surface area contributed by atoms with E-state index in [0.717, 1.165) is 17.8 Å². The fourth-order valence-corrected chi connectivity index (χ4v) is 3.77. The van der Waals surface area contributed by atoms with Gasteiger partial charge in [0.15, 0.2) is 0 Å². The number of aryl methyl sites for hydroxylation is 2. The van der Waals surface area contributed by atoms with Crippen molar-refractivity contribution in [1.82, 2.24) is 9.55 Å². The minimum Gasteiger partial charge on any atom is -0.461 e. The Balaban J connectivity index is 1.94. The van der Waals surface area contributed by atoms with E-state index in [1.54, 1.807) is 18.4 Å². The lowest BCUT2D eigenvalue weighted by Crippen LogP contribution is -2.13. The molecule has 2 N–H and O–H groups in total. The zero-order chi connectivity index (χ0) is 20.3. The number of thiazole rings is 1. The van der Waals surface area contributed by atoms with E-state index in [0.29, 0.717) is 29.4 Å². The monoisotopic (exact) mass is 397 g/mol. The summed E-state index contributed by atoms with van der Waals surface area (Å²) in [6.45, 7) is 6.65. The van der Waals surface area contributed by atoms with Gasteiger partial charge in [0, 0.05) is 17.6 Å². The van der Waals surface area contributed by atoms with Gasteiger partial charge in [0.1, 0.15) is 0 Å². The van der Waals surface area contributed by atoms with Crippen molar-refractivity contribution in [3.05, 3.63) is 63.1 Å². The van der Waals surface area contributed by atoms with E-state index in [-0.39, 0.29) is 0 Å². The highest BCUT2D eigenvalue weighted by Crippen LogP contribution is 2.28. The third-order valence-electron chi connectivity index (χ3n) is 4.59. The molecule has 0 atom stereocenters. The van der Waals surface area contributed by atoms with Crippen LogP contribution in [0.4, 0.5) is 0 Å². The molecule has 0 saturated heterocycles. The van der Waals surface area contributed by atoms with Crippen molar-refractivity contribution < 1.29 is 14.3 Å². The number of rotatable bonds is 7. The van der Waals surface area contributed by atoms with Gasteiger partial charge in [-0.15, -0.1) is 11.3 Å². The number of carbonyl (C=O) groups is 2. The number of carbonyl (C=O) groups excluding carboxylic acids is 2. The molecule has 0 unspecified atom stereocenters. The molecule has 0 aliphatic carbocycles. The third kappa shape index (κ3) is 4.14. The first kappa shape index (κ1) is 19.8. The molecule has 3 aromatic rings. The summed E-state index contributed by atoms with van der Waals surface area (Å²) < 4.78 is 7.05. The van der Waals surface area contributed by atoms with E-state index in [1.807, 2.05) is 11.5 Å². The molecule has 0 saturated carbocycles. The molecule has 0 spiro atoms. The van der Waals surface area contributed by atoms with Crippen LogP contribution in [-0.2, 0) is 17.7 Å². The first-order chi connectivity index (χ1) is 13.4. The summed E-state index contributed by atoms with van der Waals surface area (Å²) in [7, 11) is 0. The maximum absolute atomic E-state index is 11.9. The van der Waals surface area contributed by atoms with Crippen LogP contribution in [0, 0.1) is 13.8 Å². The summed E-state index contributed by atoms with van der Waals surface area (Å²) in [6.07, 6.45) is 0.801. The molecule has 7 heteroatoms. The molecule has 0 radical (unpaired) electrons. The topological polar surface area (TPSA) is 87.2 Å². The van der Waals surface area contributed by atoms with Gasteiger partial charge in [0.05, 0.1) is 23.6 Å². The quantitative estimate of drug-likeness (QED) is 0.615. The van der Waals surface area contributed by atoms with Gasteiger partial charge in [0.25, 0.3) is 5.91 Å². The van der Waals surface area contributed by atoms with Crippen LogP contribution in [0.3, 0.4) is 0 Å². The summed E-state index contributed by atoms with van der Waals surface area (Å²) in [5.74, 6) is -0.919. The fraction of sp³-hybridized carbons (Fsp3) is 0.286. The van der Waals surface area contributed by atoms with E-state index in [1.165, 1.54) is 22.5 Å². The number of primary amides is 1. The van der Waals surface area contributed by atoms with Gasteiger partial charge >= 0.3 is 5.97 Å². The lowest BCUT2D eigenvalue weighted by atomic mass is 10.1. The molecule has 0 aliphatic heterocycles. The maximum Gasteiger partial charge on any atom is 0.367 e. The summed E-state index contributed by atoms with van der Waals surface area (Å²) in [4.78, 5) is 28.2. The van der Waals surface area contributed by atoms with Crippen molar-refractivity contribution in [2.75, 3.05) is 6.61 Å². The van der Waals surface area contributed by atoms with Crippen molar-refractivity contribution in [1.29, 1.82) is 0 Å². The fourth-order valence-electron chi connectivity index (χ4n) is 3.07. The van der Waals surface area contributed by atoms with Gasteiger partial charge in [-0.2, -0.15) is 0 Å². The standard InChI is InChI=1S/C21H23N3O3S/c1-4-27-21(26)20-23-17(12-28-20)18-11-16(19(22)25)14(3)24(18)10-9-15-7-5-13(2)6-8-15/h5-8,11-12H,4,9-10H2,1-3H3,(H2,22,25). The number of nitrogens with zero attached hydrogens (tertiary/aromatic N) is 2. The van der Waals surface area contributed by atoms with E-state index < -0.39 is 11.9 Å². The highest BCUT2D eigenvalue weighted by atomic mass is 32.1. The van der Waals surface area contributed by atoms with Crippen LogP contribution in [0.15, 0.2) is 35.7 Å². The van der Waals surface area contributed by atoms with Crippen molar-refractivity contribution in [2.24, 2.45) is 5.73 Å². The number of hydrogen-bond donors (Lipinski definition) is 1. The second kappa shape index (κ2) is 8.39. The molecule has 2 heterocycles. The van der Waals surface area contributed by atoms with Crippen LogP contribution in [0.1, 0.15) is 43.9 Å². The highest BCUT2D eigenvalue weighted by Gasteiger charge is 2.20. The number of esters is 1. The van der Waals surface area contributed by atoms with Crippen LogP contribution in [0.2, 0.25) is 0 Å². The Bertz CT molecular complexity index is 1000. The molecule has 0 aliphatic rings. The summed E-state index contributed by atoms with van der Waals surface area (Å²) in [5, 5.41) is 2.09. The third-order valence-corrected chi connectivity index (χ3v) is 5.42. The van der Waals surface area contributed by atoms with Crippen LogP contribution in [0.5, 0.6) is 0 Å². The summed E-state index contributed by atoms with van der Waals surface area (Å²) >= 11 is 1.23. The van der Waals surface area contributed by atoms with E-state index in [9.17, 15) is 9.59 Å². The number of aromatic nitrogens is 2. The van der Waals surface area contributed by atoms with Gasteiger partial charge in [-0.3, -0.25) is 4.79 Å². The molecule has 6 nitrogen and oxygen atoms in total. The van der Waals surface area contributed by atoms with Crippen molar-refractivity contribution in [2.45, 2.75) is 33.7 Å². The average molecular weight is 398 g/mol. The molecule has 0 fully saturated rings. The Morgan fingerprint density at radius 1 is 1.21 bits per heavy atom. The lowest BCUT2D eigenvalue weighted by molar-refractivity contribution is 0.0526. The predicted octanol–water partition coefficient (Wildman–Crippen LogP) is 3.75. The van der Waals surface area contributed by atoms with Crippen LogP contribution in [0.25, 0.3) is 11.4 Å². The summed E-state index contributed by atoms with van der Waals surface area (Å²) in [5.41, 5.74) is 10.6. The minimum atomic E-state index is -0.478. The Labute approximate surface area is 168 Å².